The summed E-state index contributed by atoms with van der Waals surface area (Å²) in [6.07, 6.45) is 1.46. The lowest BCUT2D eigenvalue weighted by Crippen LogP contribution is -2.46. The summed E-state index contributed by atoms with van der Waals surface area (Å²) in [5.74, 6) is -0.290. The maximum atomic E-state index is 12.3. The van der Waals surface area contributed by atoms with Crippen LogP contribution < -0.4 is 5.32 Å². The van der Waals surface area contributed by atoms with E-state index in [9.17, 15) is 9.59 Å². The number of amides is 2. The lowest BCUT2D eigenvalue weighted by atomic mass is 10.3. The molecule has 1 aromatic carbocycles. The standard InChI is InChI=1S/C15H17N3O2S/c1-17-6-8-18(9-7-17)14(19)10-13-15(20)16-11-4-2-3-5-12(11)21-13/h2-5,10H,6-9H2,1H3,(H,16,20). The number of benzene rings is 1. The number of nitrogens with one attached hydrogen (secondary N) is 1. The van der Waals surface area contributed by atoms with Gasteiger partial charge in [-0.15, -0.1) is 0 Å². The molecule has 0 aromatic heterocycles. The first-order valence-corrected chi connectivity index (χ1v) is 7.72. The largest absolute Gasteiger partial charge is 0.337 e. The van der Waals surface area contributed by atoms with Crippen molar-refractivity contribution < 1.29 is 9.59 Å². The third-order valence-electron chi connectivity index (χ3n) is 3.65. The van der Waals surface area contributed by atoms with Gasteiger partial charge in [0.1, 0.15) is 0 Å². The predicted molar refractivity (Wildman–Crippen MR) is 83.1 cm³/mol. The van der Waals surface area contributed by atoms with Crippen LogP contribution in [-0.2, 0) is 9.59 Å². The Labute approximate surface area is 128 Å². The van der Waals surface area contributed by atoms with Gasteiger partial charge in [0.2, 0.25) is 5.91 Å². The van der Waals surface area contributed by atoms with Crippen molar-refractivity contribution in [2.45, 2.75) is 4.90 Å². The average Bonchev–Trinajstić information content (AvgIpc) is 2.48. The molecular weight excluding hydrogens is 286 g/mol. The number of hydrogen-bond donors (Lipinski definition) is 1. The average molecular weight is 303 g/mol. The van der Waals surface area contributed by atoms with Crippen molar-refractivity contribution in [3.63, 3.8) is 0 Å². The third kappa shape index (κ3) is 3.11. The number of anilines is 1. The predicted octanol–water partition coefficient (Wildman–Crippen LogP) is 1.39. The molecule has 0 bridgehead atoms. The van der Waals surface area contributed by atoms with Gasteiger partial charge < -0.3 is 15.1 Å². The van der Waals surface area contributed by atoms with E-state index in [0.29, 0.717) is 18.0 Å². The molecular formula is C15H17N3O2S. The minimum absolute atomic E-state index is 0.0832. The summed E-state index contributed by atoms with van der Waals surface area (Å²) >= 11 is 1.35. The maximum absolute atomic E-state index is 12.3. The van der Waals surface area contributed by atoms with E-state index in [2.05, 4.69) is 10.2 Å². The zero-order chi connectivity index (χ0) is 14.8. The van der Waals surface area contributed by atoms with E-state index in [1.165, 1.54) is 17.8 Å². The van der Waals surface area contributed by atoms with Crippen molar-refractivity contribution in [3.8, 4) is 0 Å². The van der Waals surface area contributed by atoms with Crippen LogP contribution in [0.15, 0.2) is 40.1 Å². The Balaban J connectivity index is 1.74. The Morgan fingerprint density at radius 3 is 2.71 bits per heavy atom. The molecule has 1 saturated heterocycles. The van der Waals surface area contributed by atoms with Crippen molar-refractivity contribution in [1.82, 2.24) is 9.80 Å². The Morgan fingerprint density at radius 2 is 1.95 bits per heavy atom. The Bertz CT molecular complexity index is 607. The Hall–Kier alpha value is -1.79. The van der Waals surface area contributed by atoms with E-state index < -0.39 is 0 Å². The molecule has 0 unspecified atom stereocenters. The van der Waals surface area contributed by atoms with E-state index >= 15 is 0 Å². The maximum Gasteiger partial charge on any atom is 0.262 e. The van der Waals surface area contributed by atoms with Gasteiger partial charge in [-0.1, -0.05) is 23.9 Å². The van der Waals surface area contributed by atoms with Crippen molar-refractivity contribution in [3.05, 3.63) is 35.2 Å². The van der Waals surface area contributed by atoms with Crippen LogP contribution in [0, 0.1) is 0 Å². The molecule has 0 spiro atoms. The molecule has 2 heterocycles. The monoisotopic (exact) mass is 303 g/mol. The van der Waals surface area contributed by atoms with Gasteiger partial charge in [-0.05, 0) is 19.2 Å². The highest BCUT2D eigenvalue weighted by Gasteiger charge is 2.24. The van der Waals surface area contributed by atoms with Gasteiger partial charge in [0, 0.05) is 37.2 Å². The highest BCUT2D eigenvalue weighted by atomic mass is 32.2. The second-order valence-electron chi connectivity index (χ2n) is 5.19. The number of para-hydroxylation sites is 1. The van der Waals surface area contributed by atoms with Crippen molar-refractivity contribution in [1.29, 1.82) is 0 Å². The number of fused-ring (bicyclic) bond motifs is 1. The van der Waals surface area contributed by atoms with Gasteiger partial charge in [-0.2, -0.15) is 0 Å². The second kappa shape index (κ2) is 5.91. The quantitative estimate of drug-likeness (QED) is 0.797. The number of carbonyl (C=O) groups is 2. The summed E-state index contributed by atoms with van der Waals surface area (Å²) < 4.78 is 0. The van der Waals surface area contributed by atoms with Crippen molar-refractivity contribution in [2.24, 2.45) is 0 Å². The normalized spacial score (nSPS) is 21.1. The summed E-state index contributed by atoms with van der Waals surface area (Å²) in [6.45, 7) is 3.16. The first-order chi connectivity index (χ1) is 10.1. The lowest BCUT2D eigenvalue weighted by molar-refractivity contribution is -0.127. The molecule has 0 saturated carbocycles. The molecule has 1 aromatic rings. The molecule has 2 aliphatic rings. The number of rotatable bonds is 1. The fraction of sp³-hybridized carbons (Fsp3) is 0.333. The molecule has 2 amide bonds. The summed E-state index contributed by atoms with van der Waals surface area (Å²) in [7, 11) is 2.04. The summed E-state index contributed by atoms with van der Waals surface area (Å²) in [5.41, 5.74) is 0.802. The van der Waals surface area contributed by atoms with Crippen LogP contribution in [0.25, 0.3) is 0 Å². The van der Waals surface area contributed by atoms with Crippen LogP contribution in [0.3, 0.4) is 0 Å². The zero-order valence-electron chi connectivity index (χ0n) is 11.8. The van der Waals surface area contributed by atoms with Gasteiger partial charge in [-0.25, -0.2) is 0 Å². The van der Waals surface area contributed by atoms with E-state index in [1.54, 1.807) is 4.90 Å². The summed E-state index contributed by atoms with van der Waals surface area (Å²) in [6, 6.07) is 7.60. The minimum Gasteiger partial charge on any atom is -0.337 e. The number of piperazine rings is 1. The van der Waals surface area contributed by atoms with Gasteiger partial charge in [0.15, 0.2) is 0 Å². The van der Waals surface area contributed by atoms with E-state index in [0.717, 1.165) is 23.7 Å². The van der Waals surface area contributed by atoms with Gasteiger partial charge in [-0.3, -0.25) is 9.59 Å². The van der Waals surface area contributed by atoms with Crippen LogP contribution in [0.1, 0.15) is 0 Å². The molecule has 3 rings (SSSR count). The van der Waals surface area contributed by atoms with Crippen molar-refractivity contribution in [2.75, 3.05) is 38.5 Å². The number of nitrogens with zero attached hydrogens (tertiary/aromatic N) is 2. The summed E-state index contributed by atoms with van der Waals surface area (Å²) in [4.78, 5) is 29.7. The second-order valence-corrected chi connectivity index (χ2v) is 6.27. The molecule has 110 valence electrons. The van der Waals surface area contributed by atoms with Gasteiger partial charge >= 0.3 is 0 Å². The van der Waals surface area contributed by atoms with Crippen LogP contribution in [-0.4, -0.2) is 54.8 Å². The van der Waals surface area contributed by atoms with Crippen LogP contribution >= 0.6 is 11.8 Å². The first-order valence-electron chi connectivity index (χ1n) is 6.91. The molecule has 5 nitrogen and oxygen atoms in total. The molecule has 0 atom stereocenters. The molecule has 6 heteroatoms. The smallest absolute Gasteiger partial charge is 0.262 e. The van der Waals surface area contributed by atoms with Crippen LogP contribution in [0.5, 0.6) is 0 Å². The van der Waals surface area contributed by atoms with Crippen LogP contribution in [0.4, 0.5) is 5.69 Å². The van der Waals surface area contributed by atoms with Gasteiger partial charge in [0.05, 0.1) is 10.6 Å². The first kappa shape index (κ1) is 14.2. The molecule has 0 radical (unpaired) electrons. The Kier molecular flexibility index (Phi) is 3.98. The lowest BCUT2D eigenvalue weighted by Gasteiger charge is -2.32. The van der Waals surface area contributed by atoms with Crippen molar-refractivity contribution >= 4 is 29.3 Å². The molecule has 1 N–H and O–H groups in total. The number of thioether (sulfide) groups is 1. The molecule has 2 aliphatic heterocycles. The fourth-order valence-electron chi connectivity index (χ4n) is 2.33. The molecule has 21 heavy (non-hydrogen) atoms. The van der Waals surface area contributed by atoms with Gasteiger partial charge in [0.25, 0.3) is 5.91 Å². The molecule has 1 fully saturated rings. The topological polar surface area (TPSA) is 52.6 Å². The minimum atomic E-state index is -0.207. The number of carbonyl (C=O) groups excluding carboxylic acids is 2. The zero-order valence-corrected chi connectivity index (χ0v) is 12.7. The molecule has 0 aliphatic carbocycles. The highest BCUT2D eigenvalue weighted by Crippen LogP contribution is 2.37. The SMILES string of the molecule is CN1CCN(C(=O)C=C2Sc3ccccc3NC2=O)CC1. The van der Waals surface area contributed by atoms with Crippen LogP contribution in [0.2, 0.25) is 0 Å². The van der Waals surface area contributed by atoms with E-state index in [1.807, 2.05) is 31.3 Å². The summed E-state index contributed by atoms with van der Waals surface area (Å²) in [5, 5.41) is 2.82. The highest BCUT2D eigenvalue weighted by molar-refractivity contribution is 8.04. The fourth-order valence-corrected chi connectivity index (χ4v) is 3.25. The third-order valence-corrected chi connectivity index (χ3v) is 4.75. The number of likely N-dealkylation sites (N-methyl/N-ethyl adjacent to an activating group) is 1. The van der Waals surface area contributed by atoms with E-state index in [4.69, 9.17) is 0 Å². The number of hydrogen-bond acceptors (Lipinski definition) is 4. The van der Waals surface area contributed by atoms with E-state index in [-0.39, 0.29) is 11.8 Å². The Morgan fingerprint density at radius 1 is 1.24 bits per heavy atom.